The van der Waals surface area contributed by atoms with Gasteiger partial charge in [-0.25, -0.2) is 8.42 Å². The Kier molecular flexibility index (Phi) is 6.50. The van der Waals surface area contributed by atoms with Gasteiger partial charge in [-0.2, -0.15) is 0 Å². The number of nitrogens with one attached hydrogen (secondary N) is 1. The van der Waals surface area contributed by atoms with Gasteiger partial charge in [0.15, 0.2) is 0 Å². The lowest BCUT2D eigenvalue weighted by Gasteiger charge is -2.10. The number of hydrogen-bond acceptors (Lipinski definition) is 3. The molecular formula is C14H19Cl2NO3S. The molecule has 0 aliphatic heterocycles. The molecule has 0 aliphatic rings. The van der Waals surface area contributed by atoms with Crippen molar-refractivity contribution in [3.05, 3.63) is 28.3 Å². The van der Waals surface area contributed by atoms with Gasteiger partial charge in [0.25, 0.3) is 15.0 Å². The smallest absolute Gasteiger partial charge is 0.262 e. The number of halogens is 2. The molecule has 1 aromatic carbocycles. The Labute approximate surface area is 135 Å². The van der Waals surface area contributed by atoms with Gasteiger partial charge in [-0.1, -0.05) is 25.4 Å². The maximum Gasteiger partial charge on any atom is 0.262 e. The first-order chi connectivity index (χ1) is 9.62. The topological polar surface area (TPSA) is 63.2 Å². The lowest BCUT2D eigenvalue weighted by atomic mass is 10.1. The molecule has 0 fully saturated rings. The van der Waals surface area contributed by atoms with Crippen LogP contribution in [0.5, 0.6) is 0 Å². The van der Waals surface area contributed by atoms with Gasteiger partial charge in [0.05, 0.1) is 5.02 Å². The number of carbonyl (C=O) groups is 1. The third-order valence-electron chi connectivity index (χ3n) is 2.99. The molecule has 0 bridgehead atoms. The van der Waals surface area contributed by atoms with Crippen LogP contribution in [0.4, 0.5) is 0 Å². The average Bonchev–Trinajstić information content (AvgIpc) is 2.35. The Morgan fingerprint density at radius 3 is 2.48 bits per heavy atom. The Bertz CT molecular complexity index is 627. The molecule has 0 spiro atoms. The van der Waals surface area contributed by atoms with Gasteiger partial charge in [0, 0.05) is 22.8 Å². The molecule has 1 amide bonds. The molecule has 0 saturated carbocycles. The van der Waals surface area contributed by atoms with Crippen LogP contribution >= 0.6 is 22.3 Å². The van der Waals surface area contributed by atoms with Crippen molar-refractivity contribution in [2.45, 2.75) is 38.5 Å². The van der Waals surface area contributed by atoms with Gasteiger partial charge < -0.3 is 5.32 Å². The first-order valence-electron chi connectivity index (χ1n) is 6.66. The summed E-state index contributed by atoms with van der Waals surface area (Å²) in [5, 5.41) is 2.80. The van der Waals surface area contributed by atoms with Crippen LogP contribution in [0.1, 0.15) is 42.6 Å². The zero-order chi connectivity index (χ0) is 16.2. The third-order valence-corrected chi connectivity index (χ3v) is 4.95. The van der Waals surface area contributed by atoms with Crippen molar-refractivity contribution in [3.8, 4) is 0 Å². The Hall–Kier alpha value is -0.780. The minimum absolute atomic E-state index is 0.0429. The van der Waals surface area contributed by atoms with Crippen LogP contribution in [0.3, 0.4) is 0 Å². The molecule has 0 heterocycles. The van der Waals surface area contributed by atoms with E-state index in [1.807, 2.05) is 0 Å². The van der Waals surface area contributed by atoms with Gasteiger partial charge in [-0.15, -0.1) is 0 Å². The second kappa shape index (κ2) is 7.47. The quantitative estimate of drug-likeness (QED) is 0.627. The second-order valence-corrected chi connectivity index (χ2v) is 8.25. The first-order valence-corrected chi connectivity index (χ1v) is 9.34. The van der Waals surface area contributed by atoms with Crippen LogP contribution in [0.15, 0.2) is 17.0 Å². The van der Waals surface area contributed by atoms with E-state index in [9.17, 15) is 13.2 Å². The molecule has 21 heavy (non-hydrogen) atoms. The molecular weight excluding hydrogens is 333 g/mol. The van der Waals surface area contributed by atoms with E-state index in [2.05, 4.69) is 19.2 Å². The summed E-state index contributed by atoms with van der Waals surface area (Å²) in [5.41, 5.74) is 0.728. The molecule has 0 saturated heterocycles. The largest absolute Gasteiger partial charge is 0.352 e. The first kappa shape index (κ1) is 18.3. The number of aryl methyl sites for hydroxylation is 1. The molecule has 4 nitrogen and oxygen atoms in total. The van der Waals surface area contributed by atoms with Crippen molar-refractivity contribution < 1.29 is 13.2 Å². The maximum atomic E-state index is 12.0. The average molecular weight is 352 g/mol. The van der Waals surface area contributed by atoms with Crippen molar-refractivity contribution in [2.75, 3.05) is 6.54 Å². The van der Waals surface area contributed by atoms with E-state index in [4.69, 9.17) is 22.3 Å². The van der Waals surface area contributed by atoms with Crippen molar-refractivity contribution in [2.24, 2.45) is 5.92 Å². The van der Waals surface area contributed by atoms with Gasteiger partial charge >= 0.3 is 0 Å². The van der Waals surface area contributed by atoms with Crippen molar-refractivity contribution in [1.82, 2.24) is 5.32 Å². The van der Waals surface area contributed by atoms with Gasteiger partial charge in [0.2, 0.25) is 0 Å². The molecule has 0 unspecified atom stereocenters. The molecule has 1 rings (SSSR count). The molecule has 0 radical (unpaired) electrons. The molecule has 118 valence electrons. The predicted octanol–water partition coefficient (Wildman–Crippen LogP) is 3.74. The van der Waals surface area contributed by atoms with E-state index < -0.39 is 9.05 Å². The zero-order valence-electron chi connectivity index (χ0n) is 12.2. The van der Waals surface area contributed by atoms with Gasteiger partial charge in [0.1, 0.15) is 4.90 Å². The Morgan fingerprint density at radius 2 is 1.95 bits per heavy atom. The highest BCUT2D eigenvalue weighted by molar-refractivity contribution is 8.13. The minimum Gasteiger partial charge on any atom is -0.352 e. The van der Waals surface area contributed by atoms with Crippen LogP contribution < -0.4 is 5.32 Å². The molecule has 7 heteroatoms. The van der Waals surface area contributed by atoms with Crippen LogP contribution in [-0.4, -0.2) is 20.9 Å². The molecule has 0 atom stereocenters. The van der Waals surface area contributed by atoms with E-state index in [1.54, 1.807) is 13.0 Å². The van der Waals surface area contributed by atoms with Gasteiger partial charge in [-0.05, 0) is 43.4 Å². The summed E-state index contributed by atoms with van der Waals surface area (Å²) in [7, 11) is 1.34. The van der Waals surface area contributed by atoms with Gasteiger partial charge in [-0.3, -0.25) is 4.79 Å². The SMILES string of the molecule is Cc1cc(C(=O)NCCCC(C)C)cc(S(=O)(=O)Cl)c1Cl. The van der Waals surface area contributed by atoms with Crippen LogP contribution in [0.2, 0.25) is 5.02 Å². The minimum atomic E-state index is -3.99. The molecule has 1 N–H and O–H groups in total. The second-order valence-electron chi connectivity index (χ2n) is 5.34. The van der Waals surface area contributed by atoms with Crippen molar-refractivity contribution >= 4 is 37.2 Å². The summed E-state index contributed by atoms with van der Waals surface area (Å²) in [6, 6.07) is 2.75. The van der Waals surface area contributed by atoms with E-state index in [1.165, 1.54) is 6.07 Å². The van der Waals surface area contributed by atoms with Crippen LogP contribution in [0.25, 0.3) is 0 Å². The summed E-state index contributed by atoms with van der Waals surface area (Å²) < 4.78 is 22.9. The highest BCUT2D eigenvalue weighted by atomic mass is 35.7. The number of rotatable bonds is 6. The number of amides is 1. The third kappa shape index (κ3) is 5.49. The number of carbonyl (C=O) groups excluding carboxylic acids is 1. The summed E-state index contributed by atoms with van der Waals surface area (Å²) in [5.74, 6) is 0.243. The van der Waals surface area contributed by atoms with E-state index in [0.29, 0.717) is 18.0 Å². The highest BCUT2D eigenvalue weighted by Gasteiger charge is 2.19. The Morgan fingerprint density at radius 1 is 1.33 bits per heavy atom. The normalized spacial score (nSPS) is 11.7. The number of hydrogen-bond donors (Lipinski definition) is 1. The zero-order valence-corrected chi connectivity index (χ0v) is 14.6. The fraction of sp³-hybridized carbons (Fsp3) is 0.500. The van der Waals surface area contributed by atoms with Crippen molar-refractivity contribution in [3.63, 3.8) is 0 Å². The van der Waals surface area contributed by atoms with E-state index in [-0.39, 0.29) is 21.4 Å². The monoisotopic (exact) mass is 351 g/mol. The molecule has 0 aliphatic carbocycles. The predicted molar refractivity (Wildman–Crippen MR) is 85.6 cm³/mol. The van der Waals surface area contributed by atoms with E-state index in [0.717, 1.165) is 12.8 Å². The Balaban J connectivity index is 2.89. The van der Waals surface area contributed by atoms with E-state index >= 15 is 0 Å². The summed E-state index contributed by atoms with van der Waals surface area (Å²) in [6.45, 7) is 6.40. The maximum absolute atomic E-state index is 12.0. The molecule has 1 aromatic rings. The summed E-state index contributed by atoms with van der Waals surface area (Å²) in [6.07, 6.45) is 1.89. The van der Waals surface area contributed by atoms with Crippen LogP contribution in [0, 0.1) is 12.8 Å². The fourth-order valence-electron chi connectivity index (χ4n) is 1.86. The lowest BCUT2D eigenvalue weighted by Crippen LogP contribution is -2.25. The molecule has 0 aromatic heterocycles. The lowest BCUT2D eigenvalue weighted by molar-refractivity contribution is 0.0952. The van der Waals surface area contributed by atoms with Crippen molar-refractivity contribution in [1.29, 1.82) is 0 Å². The summed E-state index contributed by atoms with van der Waals surface area (Å²) >= 11 is 5.92. The number of benzene rings is 1. The summed E-state index contributed by atoms with van der Waals surface area (Å²) in [4.78, 5) is 11.8. The van der Waals surface area contributed by atoms with Crippen LogP contribution in [-0.2, 0) is 9.05 Å². The standard InChI is InChI=1S/C14H19Cl2NO3S/c1-9(2)5-4-6-17-14(18)11-7-10(3)13(15)12(8-11)21(16,19)20/h7-9H,4-6H2,1-3H3,(H,17,18). The fourth-order valence-corrected chi connectivity index (χ4v) is 3.40. The highest BCUT2D eigenvalue weighted by Crippen LogP contribution is 2.29.